The number of thioether (sulfide) groups is 1. The fraction of sp³-hybridized carbons (Fsp3) is 0.176. The summed E-state index contributed by atoms with van der Waals surface area (Å²) in [6, 6.07) is 9.99. The molecule has 0 spiro atoms. The van der Waals surface area contributed by atoms with Crippen LogP contribution in [0.3, 0.4) is 0 Å². The molecule has 0 fully saturated rings. The van der Waals surface area contributed by atoms with Crippen LogP contribution >= 0.6 is 11.8 Å². The predicted molar refractivity (Wildman–Crippen MR) is 87.7 cm³/mol. The number of fused-ring (bicyclic) bond motifs is 1. The average Bonchev–Trinajstić information content (AvgIpc) is 2.54. The van der Waals surface area contributed by atoms with Crippen LogP contribution in [0.2, 0.25) is 0 Å². The molecular formula is C17H14F2N2O2S. The van der Waals surface area contributed by atoms with E-state index < -0.39 is 23.4 Å². The molecule has 3 rings (SSSR count). The van der Waals surface area contributed by atoms with Gasteiger partial charge in [-0.05, 0) is 30.2 Å². The van der Waals surface area contributed by atoms with Crippen molar-refractivity contribution in [1.82, 2.24) is 5.32 Å². The molecule has 1 unspecified atom stereocenters. The van der Waals surface area contributed by atoms with Crippen molar-refractivity contribution in [3.8, 4) is 0 Å². The number of nitrogens with one attached hydrogen (secondary N) is 2. The lowest BCUT2D eigenvalue weighted by molar-refractivity contribution is -0.136. The van der Waals surface area contributed by atoms with Gasteiger partial charge in [-0.1, -0.05) is 18.2 Å². The fourth-order valence-corrected chi connectivity index (χ4v) is 3.65. The van der Waals surface area contributed by atoms with E-state index in [4.69, 9.17) is 0 Å². The van der Waals surface area contributed by atoms with Gasteiger partial charge in [0.05, 0.1) is 6.04 Å². The van der Waals surface area contributed by atoms with Gasteiger partial charge in [-0.3, -0.25) is 9.59 Å². The van der Waals surface area contributed by atoms with E-state index in [9.17, 15) is 18.4 Å². The van der Waals surface area contributed by atoms with Crippen LogP contribution < -0.4 is 10.6 Å². The van der Waals surface area contributed by atoms with Gasteiger partial charge in [0.2, 0.25) is 0 Å². The molecular weight excluding hydrogens is 334 g/mol. The molecule has 0 bridgehead atoms. The summed E-state index contributed by atoms with van der Waals surface area (Å²) in [5.74, 6) is -2.63. The Morgan fingerprint density at radius 1 is 1.04 bits per heavy atom. The highest BCUT2D eigenvalue weighted by atomic mass is 32.2. The van der Waals surface area contributed by atoms with Crippen molar-refractivity contribution in [1.29, 1.82) is 0 Å². The van der Waals surface area contributed by atoms with E-state index in [0.29, 0.717) is 12.5 Å². The number of rotatable bonds is 2. The van der Waals surface area contributed by atoms with E-state index in [1.165, 1.54) is 0 Å². The number of anilines is 1. The molecule has 0 saturated carbocycles. The van der Waals surface area contributed by atoms with E-state index >= 15 is 0 Å². The molecule has 1 aliphatic rings. The van der Waals surface area contributed by atoms with E-state index in [2.05, 4.69) is 10.6 Å². The van der Waals surface area contributed by atoms with Gasteiger partial charge in [0.25, 0.3) is 0 Å². The lowest BCUT2D eigenvalue weighted by Crippen LogP contribution is -2.38. The van der Waals surface area contributed by atoms with Gasteiger partial charge in [-0.25, -0.2) is 8.78 Å². The zero-order valence-corrected chi connectivity index (χ0v) is 13.3. The van der Waals surface area contributed by atoms with Crippen LogP contribution in [0.1, 0.15) is 18.0 Å². The summed E-state index contributed by atoms with van der Waals surface area (Å²) in [6.07, 6.45) is 0.704. The summed E-state index contributed by atoms with van der Waals surface area (Å²) >= 11 is 1.70. The highest BCUT2D eigenvalue weighted by Crippen LogP contribution is 2.35. The molecule has 0 aromatic heterocycles. The lowest BCUT2D eigenvalue weighted by atomic mass is 10.0. The molecule has 1 atom stereocenters. The van der Waals surface area contributed by atoms with Crippen molar-refractivity contribution in [3.63, 3.8) is 0 Å². The first-order valence-corrected chi connectivity index (χ1v) is 8.31. The minimum atomic E-state index is -0.962. The van der Waals surface area contributed by atoms with Crippen LogP contribution in [-0.2, 0) is 9.59 Å². The second-order valence-electron chi connectivity index (χ2n) is 5.31. The number of hydrogen-bond acceptors (Lipinski definition) is 3. The lowest BCUT2D eigenvalue weighted by Gasteiger charge is -2.25. The van der Waals surface area contributed by atoms with Crippen LogP contribution in [0.25, 0.3) is 0 Å². The molecule has 0 radical (unpaired) electrons. The van der Waals surface area contributed by atoms with Crippen LogP contribution in [-0.4, -0.2) is 17.6 Å². The number of benzene rings is 2. The van der Waals surface area contributed by atoms with Gasteiger partial charge >= 0.3 is 11.8 Å². The second-order valence-corrected chi connectivity index (χ2v) is 6.45. The maximum absolute atomic E-state index is 13.1. The Morgan fingerprint density at radius 2 is 1.75 bits per heavy atom. The maximum atomic E-state index is 13.1. The van der Waals surface area contributed by atoms with Gasteiger partial charge < -0.3 is 10.6 Å². The van der Waals surface area contributed by atoms with E-state index in [-0.39, 0.29) is 11.7 Å². The Kier molecular flexibility index (Phi) is 4.80. The smallest absolute Gasteiger partial charge is 0.313 e. The number of carbonyl (C=O) groups excluding carboxylic acids is 2. The zero-order valence-electron chi connectivity index (χ0n) is 12.5. The minimum absolute atomic E-state index is 0.104. The van der Waals surface area contributed by atoms with Crippen molar-refractivity contribution in [2.75, 3.05) is 11.1 Å². The largest absolute Gasteiger partial charge is 0.341 e. The summed E-state index contributed by atoms with van der Waals surface area (Å²) in [5, 5.41) is 4.87. The molecule has 4 nitrogen and oxygen atoms in total. The topological polar surface area (TPSA) is 58.2 Å². The quantitative estimate of drug-likeness (QED) is 0.819. The Labute approximate surface area is 141 Å². The highest BCUT2D eigenvalue weighted by Gasteiger charge is 2.24. The van der Waals surface area contributed by atoms with Crippen molar-refractivity contribution in [3.05, 3.63) is 59.7 Å². The van der Waals surface area contributed by atoms with Crippen LogP contribution in [0, 0.1) is 11.6 Å². The summed E-state index contributed by atoms with van der Waals surface area (Å²) in [4.78, 5) is 25.1. The third kappa shape index (κ3) is 3.73. The number of carbonyl (C=O) groups is 2. The van der Waals surface area contributed by atoms with E-state index in [0.717, 1.165) is 28.3 Å². The molecule has 2 N–H and O–H groups in total. The van der Waals surface area contributed by atoms with Gasteiger partial charge in [0.1, 0.15) is 11.6 Å². The molecule has 0 aliphatic carbocycles. The molecule has 2 amide bonds. The van der Waals surface area contributed by atoms with Crippen LogP contribution in [0.15, 0.2) is 47.4 Å². The van der Waals surface area contributed by atoms with Crippen molar-refractivity contribution in [2.24, 2.45) is 0 Å². The predicted octanol–water partition coefficient (Wildman–Crippen LogP) is 3.26. The summed E-state index contributed by atoms with van der Waals surface area (Å²) in [5.41, 5.74) is 0.860. The van der Waals surface area contributed by atoms with Gasteiger partial charge in [-0.15, -0.1) is 11.8 Å². The first kappa shape index (κ1) is 16.4. The highest BCUT2D eigenvalue weighted by molar-refractivity contribution is 7.99. The molecule has 1 heterocycles. The van der Waals surface area contributed by atoms with Crippen molar-refractivity contribution >= 4 is 29.3 Å². The Morgan fingerprint density at radius 3 is 2.50 bits per heavy atom. The first-order valence-electron chi connectivity index (χ1n) is 7.32. The average molecular weight is 348 g/mol. The summed E-state index contributed by atoms with van der Waals surface area (Å²) in [6.45, 7) is 0. The SMILES string of the molecule is O=C(Nc1cc(F)cc(F)c1)C(=O)NC1CCSc2ccccc21. The Balaban J connectivity index is 1.68. The van der Waals surface area contributed by atoms with Gasteiger partial charge in [0.15, 0.2) is 0 Å². The summed E-state index contributed by atoms with van der Waals surface area (Å²) < 4.78 is 26.2. The third-order valence-corrected chi connectivity index (χ3v) is 4.71. The number of halogens is 2. The van der Waals surface area contributed by atoms with Crippen molar-refractivity contribution in [2.45, 2.75) is 17.4 Å². The molecule has 0 saturated heterocycles. The summed E-state index contributed by atoms with van der Waals surface area (Å²) in [7, 11) is 0. The first-order chi connectivity index (χ1) is 11.5. The van der Waals surface area contributed by atoms with E-state index in [1.54, 1.807) is 11.8 Å². The second kappa shape index (κ2) is 7.00. The Hall–Kier alpha value is -2.41. The van der Waals surface area contributed by atoms with Crippen LogP contribution in [0.4, 0.5) is 14.5 Å². The van der Waals surface area contributed by atoms with Crippen molar-refractivity contribution < 1.29 is 18.4 Å². The molecule has 24 heavy (non-hydrogen) atoms. The monoisotopic (exact) mass is 348 g/mol. The third-order valence-electron chi connectivity index (χ3n) is 3.59. The number of hydrogen-bond donors (Lipinski definition) is 2. The molecule has 1 aliphatic heterocycles. The maximum Gasteiger partial charge on any atom is 0.313 e. The number of amides is 2. The molecule has 2 aromatic carbocycles. The zero-order chi connectivity index (χ0) is 17.1. The molecule has 2 aromatic rings. The van der Waals surface area contributed by atoms with E-state index in [1.807, 2.05) is 24.3 Å². The normalized spacial score (nSPS) is 16.2. The van der Waals surface area contributed by atoms with Gasteiger partial charge in [0, 0.05) is 22.4 Å². The molecule has 124 valence electrons. The Bertz CT molecular complexity index is 778. The fourth-order valence-electron chi connectivity index (χ4n) is 2.53. The standard InChI is InChI=1S/C17H14F2N2O2S/c18-10-7-11(19)9-12(8-10)20-16(22)17(23)21-14-5-6-24-15-4-2-1-3-13(14)15/h1-4,7-9,14H,5-6H2,(H,20,22)(H,21,23). The van der Waals surface area contributed by atoms with Crippen LogP contribution in [0.5, 0.6) is 0 Å². The minimum Gasteiger partial charge on any atom is -0.341 e. The molecule has 7 heteroatoms. The van der Waals surface area contributed by atoms with Gasteiger partial charge in [-0.2, -0.15) is 0 Å².